The summed E-state index contributed by atoms with van der Waals surface area (Å²) in [5.74, 6) is -0.154. The average molecular weight is 596 g/mol. The lowest BCUT2D eigenvalue weighted by Gasteiger charge is -2.26. The van der Waals surface area contributed by atoms with E-state index >= 15 is 0 Å². The second kappa shape index (κ2) is 33.0. The first-order valence-electron chi connectivity index (χ1n) is 18.5. The van der Waals surface area contributed by atoms with Gasteiger partial charge in [-0.2, -0.15) is 0 Å². The van der Waals surface area contributed by atoms with Gasteiger partial charge in [-0.25, -0.2) is 0 Å². The fourth-order valence-corrected chi connectivity index (χ4v) is 5.69. The summed E-state index contributed by atoms with van der Waals surface area (Å²) >= 11 is 0. The number of hydrogen-bond acceptors (Lipinski definition) is 4. The van der Waals surface area contributed by atoms with Crippen LogP contribution < -0.4 is 5.32 Å². The van der Waals surface area contributed by atoms with Crippen LogP contribution in [0.2, 0.25) is 0 Å². The van der Waals surface area contributed by atoms with Gasteiger partial charge >= 0.3 is 0 Å². The second-order valence-electron chi connectivity index (χ2n) is 12.8. The molecule has 0 spiro atoms. The zero-order valence-electron chi connectivity index (χ0n) is 28.1. The highest BCUT2D eigenvalue weighted by Gasteiger charge is 2.26. The second-order valence-corrected chi connectivity index (χ2v) is 12.8. The molecule has 5 heteroatoms. The van der Waals surface area contributed by atoms with Crippen LogP contribution in [-0.2, 0) is 4.79 Å². The molecule has 0 saturated heterocycles. The Balaban J connectivity index is 3.72. The van der Waals surface area contributed by atoms with Crippen molar-refractivity contribution in [2.75, 3.05) is 6.61 Å². The SMILES string of the molecule is CCCCCCCCCCC/C=C/CCCC(O)C(O)C(CO)NC(=O)CCCCCCCCCCCCCCCC. The molecule has 0 aromatic rings. The molecule has 3 atom stereocenters. The molecular formula is C37H73NO4. The summed E-state index contributed by atoms with van der Waals surface area (Å²) < 4.78 is 0. The van der Waals surface area contributed by atoms with Crippen molar-refractivity contribution in [3.05, 3.63) is 12.2 Å². The van der Waals surface area contributed by atoms with Crippen LogP contribution in [0.5, 0.6) is 0 Å². The predicted molar refractivity (Wildman–Crippen MR) is 181 cm³/mol. The zero-order valence-corrected chi connectivity index (χ0v) is 28.1. The predicted octanol–water partition coefficient (Wildman–Crippen LogP) is 9.70. The first kappa shape index (κ1) is 41.1. The van der Waals surface area contributed by atoms with Gasteiger partial charge < -0.3 is 20.6 Å². The van der Waals surface area contributed by atoms with Crippen molar-refractivity contribution in [3.63, 3.8) is 0 Å². The van der Waals surface area contributed by atoms with Crippen molar-refractivity contribution < 1.29 is 20.1 Å². The number of amides is 1. The van der Waals surface area contributed by atoms with Gasteiger partial charge in [0.25, 0.3) is 0 Å². The van der Waals surface area contributed by atoms with E-state index in [0.29, 0.717) is 12.8 Å². The van der Waals surface area contributed by atoms with Gasteiger partial charge in [0.1, 0.15) is 6.10 Å². The quantitative estimate of drug-likeness (QED) is 0.0449. The molecule has 42 heavy (non-hydrogen) atoms. The molecule has 4 N–H and O–H groups in total. The topological polar surface area (TPSA) is 89.8 Å². The molecule has 0 radical (unpaired) electrons. The van der Waals surface area contributed by atoms with E-state index in [-0.39, 0.29) is 12.5 Å². The summed E-state index contributed by atoms with van der Waals surface area (Å²) in [6, 6.07) is -0.818. The number of unbranched alkanes of at least 4 members (excludes halogenated alkanes) is 23. The van der Waals surface area contributed by atoms with E-state index in [1.807, 2.05) is 0 Å². The molecule has 3 unspecified atom stereocenters. The summed E-state index contributed by atoms with van der Waals surface area (Å²) in [7, 11) is 0. The lowest BCUT2D eigenvalue weighted by atomic mass is 10.0. The summed E-state index contributed by atoms with van der Waals surface area (Å²) in [5, 5.41) is 33.3. The minimum atomic E-state index is -1.15. The fourth-order valence-electron chi connectivity index (χ4n) is 5.69. The summed E-state index contributed by atoms with van der Waals surface area (Å²) in [5.41, 5.74) is 0. The Bertz CT molecular complexity index is 582. The lowest BCUT2D eigenvalue weighted by molar-refractivity contribution is -0.124. The molecule has 0 aromatic heterocycles. The number of carbonyl (C=O) groups excluding carboxylic acids is 1. The van der Waals surface area contributed by atoms with Gasteiger partial charge in [-0.3, -0.25) is 4.79 Å². The highest BCUT2D eigenvalue weighted by atomic mass is 16.3. The Kier molecular flexibility index (Phi) is 32.3. The molecule has 0 aromatic carbocycles. The standard InChI is InChI=1S/C37H73NO4/c1-3-5-7-9-11-13-15-17-19-21-23-25-27-29-31-35(40)37(42)34(33-39)38-36(41)32-30-28-26-24-22-20-18-16-14-12-10-8-6-4-2/h23,25,34-35,37,39-40,42H,3-22,24,26-33H2,1-2H3,(H,38,41)/b25-23+. The van der Waals surface area contributed by atoms with Crippen LogP contribution in [0.4, 0.5) is 0 Å². The highest BCUT2D eigenvalue weighted by Crippen LogP contribution is 2.15. The van der Waals surface area contributed by atoms with Crippen molar-refractivity contribution in [1.29, 1.82) is 0 Å². The van der Waals surface area contributed by atoms with E-state index in [9.17, 15) is 20.1 Å². The van der Waals surface area contributed by atoms with Crippen molar-refractivity contribution >= 4 is 5.91 Å². The maximum atomic E-state index is 12.3. The van der Waals surface area contributed by atoms with Crippen LogP contribution in [0.15, 0.2) is 12.2 Å². The molecule has 5 nitrogen and oxygen atoms in total. The fraction of sp³-hybridized carbons (Fsp3) is 0.919. The number of allylic oxidation sites excluding steroid dienone is 2. The van der Waals surface area contributed by atoms with Crippen molar-refractivity contribution in [3.8, 4) is 0 Å². The van der Waals surface area contributed by atoms with Crippen molar-refractivity contribution in [2.45, 2.75) is 212 Å². The Morgan fingerprint density at radius 1 is 0.571 bits per heavy atom. The monoisotopic (exact) mass is 596 g/mol. The van der Waals surface area contributed by atoms with Gasteiger partial charge in [-0.05, 0) is 38.5 Å². The smallest absolute Gasteiger partial charge is 0.220 e. The third-order valence-corrected chi connectivity index (χ3v) is 8.62. The number of rotatable bonds is 33. The van der Waals surface area contributed by atoms with Crippen LogP contribution in [0, 0.1) is 0 Å². The number of aliphatic hydroxyl groups excluding tert-OH is 3. The first-order valence-corrected chi connectivity index (χ1v) is 18.5. The third kappa shape index (κ3) is 27.9. The lowest BCUT2D eigenvalue weighted by Crippen LogP contribution is -2.50. The Hall–Kier alpha value is -0.910. The van der Waals surface area contributed by atoms with Crippen LogP contribution in [0.1, 0.15) is 194 Å². The van der Waals surface area contributed by atoms with Crippen LogP contribution >= 0.6 is 0 Å². The van der Waals surface area contributed by atoms with Crippen molar-refractivity contribution in [1.82, 2.24) is 5.32 Å². The number of nitrogens with one attached hydrogen (secondary N) is 1. The molecule has 0 aliphatic rings. The van der Waals surface area contributed by atoms with E-state index in [2.05, 4.69) is 31.3 Å². The Labute approximate surface area is 261 Å². The minimum absolute atomic E-state index is 0.154. The van der Waals surface area contributed by atoms with Gasteiger partial charge in [-0.1, -0.05) is 161 Å². The molecule has 0 aliphatic carbocycles. The number of carbonyl (C=O) groups is 1. The van der Waals surface area contributed by atoms with Gasteiger partial charge in [0.05, 0.1) is 18.8 Å². The average Bonchev–Trinajstić information content (AvgIpc) is 2.99. The van der Waals surface area contributed by atoms with E-state index in [1.165, 1.54) is 128 Å². The molecule has 250 valence electrons. The summed E-state index contributed by atoms with van der Waals surface area (Å²) in [6.45, 7) is 4.15. The number of aliphatic hydroxyl groups is 3. The largest absolute Gasteiger partial charge is 0.394 e. The summed E-state index contributed by atoms with van der Waals surface area (Å²) in [4.78, 5) is 12.3. The third-order valence-electron chi connectivity index (χ3n) is 8.62. The van der Waals surface area contributed by atoms with E-state index in [1.54, 1.807) is 0 Å². The van der Waals surface area contributed by atoms with Gasteiger partial charge in [0, 0.05) is 6.42 Å². The molecule has 0 aliphatic heterocycles. The maximum absolute atomic E-state index is 12.3. The van der Waals surface area contributed by atoms with E-state index in [0.717, 1.165) is 38.5 Å². The molecule has 1 amide bonds. The number of hydrogen-bond donors (Lipinski definition) is 4. The molecule has 0 rings (SSSR count). The normalized spacial score (nSPS) is 13.9. The molecule has 0 heterocycles. The van der Waals surface area contributed by atoms with Gasteiger partial charge in [-0.15, -0.1) is 0 Å². The minimum Gasteiger partial charge on any atom is -0.394 e. The summed E-state index contributed by atoms with van der Waals surface area (Å²) in [6.07, 6.45) is 35.9. The van der Waals surface area contributed by atoms with Crippen LogP contribution in [-0.4, -0.2) is 46.1 Å². The van der Waals surface area contributed by atoms with Crippen LogP contribution in [0.3, 0.4) is 0 Å². The van der Waals surface area contributed by atoms with Crippen molar-refractivity contribution in [2.24, 2.45) is 0 Å². The molecule has 0 saturated carbocycles. The van der Waals surface area contributed by atoms with E-state index < -0.39 is 18.2 Å². The zero-order chi connectivity index (χ0) is 30.9. The Morgan fingerprint density at radius 3 is 1.38 bits per heavy atom. The van der Waals surface area contributed by atoms with Crippen LogP contribution in [0.25, 0.3) is 0 Å². The van der Waals surface area contributed by atoms with Gasteiger partial charge in [0.15, 0.2) is 0 Å². The van der Waals surface area contributed by atoms with Gasteiger partial charge in [0.2, 0.25) is 5.91 Å². The first-order chi connectivity index (χ1) is 20.6. The maximum Gasteiger partial charge on any atom is 0.220 e. The Morgan fingerprint density at radius 2 is 0.952 bits per heavy atom. The molecule has 0 fully saturated rings. The highest BCUT2D eigenvalue weighted by molar-refractivity contribution is 5.76. The van der Waals surface area contributed by atoms with E-state index in [4.69, 9.17) is 0 Å². The molecule has 0 bridgehead atoms. The molecular weight excluding hydrogens is 522 g/mol.